The fourth-order valence-corrected chi connectivity index (χ4v) is 2.87. The number of hydrogen-bond donors (Lipinski definition) is 1. The van der Waals surface area contributed by atoms with Gasteiger partial charge in [-0.3, -0.25) is 9.59 Å². The highest BCUT2D eigenvalue weighted by Crippen LogP contribution is 2.13. The van der Waals surface area contributed by atoms with Crippen molar-refractivity contribution in [1.82, 2.24) is 14.8 Å². The maximum Gasteiger partial charge on any atom is 0.289 e. The first-order valence-electron chi connectivity index (χ1n) is 9.01. The minimum Gasteiger partial charge on any atom is -0.459 e. The third-order valence-electron chi connectivity index (χ3n) is 4.43. The van der Waals surface area contributed by atoms with Crippen LogP contribution < -0.4 is 5.32 Å². The molecule has 138 valence electrons. The molecule has 26 heavy (non-hydrogen) atoms. The zero-order valence-electron chi connectivity index (χ0n) is 15.0. The summed E-state index contributed by atoms with van der Waals surface area (Å²) in [5.74, 6) is 0.929. The molecule has 2 amide bonds. The van der Waals surface area contributed by atoms with Gasteiger partial charge in [0, 0.05) is 38.9 Å². The molecule has 7 nitrogen and oxygen atoms in total. The molecule has 1 aliphatic rings. The van der Waals surface area contributed by atoms with Crippen LogP contribution in [0.1, 0.15) is 40.7 Å². The summed E-state index contributed by atoms with van der Waals surface area (Å²) < 4.78 is 5.15. The molecule has 0 saturated carbocycles. The van der Waals surface area contributed by atoms with Crippen LogP contribution in [0.2, 0.25) is 0 Å². The van der Waals surface area contributed by atoms with Gasteiger partial charge in [0.05, 0.1) is 11.8 Å². The third kappa shape index (κ3) is 4.22. The van der Waals surface area contributed by atoms with Crippen molar-refractivity contribution < 1.29 is 14.0 Å². The quantitative estimate of drug-likeness (QED) is 0.805. The second kappa shape index (κ2) is 8.51. The first-order chi connectivity index (χ1) is 12.7. The van der Waals surface area contributed by atoms with Crippen molar-refractivity contribution in [2.75, 3.05) is 38.0 Å². The Morgan fingerprint density at radius 1 is 1.12 bits per heavy atom. The zero-order valence-corrected chi connectivity index (χ0v) is 15.0. The minimum absolute atomic E-state index is 0.0531. The maximum absolute atomic E-state index is 12.6. The van der Waals surface area contributed by atoms with Crippen molar-refractivity contribution in [2.24, 2.45) is 0 Å². The number of carbonyl (C=O) groups is 2. The highest BCUT2D eigenvalue weighted by molar-refractivity contribution is 5.95. The molecule has 1 N–H and O–H groups in total. The number of rotatable bonds is 6. The summed E-state index contributed by atoms with van der Waals surface area (Å²) in [5.41, 5.74) is 0.567. The van der Waals surface area contributed by atoms with Crippen molar-refractivity contribution in [3.05, 3.63) is 48.0 Å². The summed E-state index contributed by atoms with van der Waals surface area (Å²) in [4.78, 5) is 32.7. The van der Waals surface area contributed by atoms with Crippen LogP contribution in [0.4, 0.5) is 5.82 Å². The van der Waals surface area contributed by atoms with E-state index in [0.717, 1.165) is 25.2 Å². The van der Waals surface area contributed by atoms with Crippen LogP contribution in [0.15, 0.2) is 41.1 Å². The summed E-state index contributed by atoms with van der Waals surface area (Å²) in [6.45, 7) is 5.01. The molecular weight excluding hydrogens is 332 g/mol. The van der Waals surface area contributed by atoms with Crippen LogP contribution in [0, 0.1) is 0 Å². The number of aromatic nitrogens is 1. The number of unbranched alkanes of at least 4 members (excludes halogenated alkanes) is 1. The monoisotopic (exact) mass is 356 g/mol. The SMILES string of the molecule is CCCCNc1ccc(C(=O)N2CCN(C(=O)c3ccco3)CC2)cn1. The summed E-state index contributed by atoms with van der Waals surface area (Å²) >= 11 is 0. The average Bonchev–Trinajstić information content (AvgIpc) is 3.23. The summed E-state index contributed by atoms with van der Waals surface area (Å²) in [6, 6.07) is 6.98. The van der Waals surface area contributed by atoms with E-state index in [1.54, 1.807) is 34.2 Å². The van der Waals surface area contributed by atoms with E-state index in [9.17, 15) is 9.59 Å². The maximum atomic E-state index is 12.6. The van der Waals surface area contributed by atoms with Crippen molar-refractivity contribution in [1.29, 1.82) is 0 Å². The number of amides is 2. The van der Waals surface area contributed by atoms with E-state index in [1.165, 1.54) is 6.26 Å². The van der Waals surface area contributed by atoms with Gasteiger partial charge in [-0.15, -0.1) is 0 Å². The van der Waals surface area contributed by atoms with Crippen LogP contribution in [0.25, 0.3) is 0 Å². The lowest BCUT2D eigenvalue weighted by atomic mass is 10.2. The van der Waals surface area contributed by atoms with E-state index in [1.807, 2.05) is 6.07 Å². The number of furan rings is 1. The van der Waals surface area contributed by atoms with Gasteiger partial charge >= 0.3 is 0 Å². The number of nitrogens with one attached hydrogen (secondary N) is 1. The molecule has 0 spiro atoms. The molecule has 0 aromatic carbocycles. The van der Waals surface area contributed by atoms with Gasteiger partial charge in [-0.05, 0) is 30.7 Å². The molecule has 1 saturated heterocycles. The molecule has 2 aromatic heterocycles. The summed E-state index contributed by atoms with van der Waals surface area (Å²) in [7, 11) is 0. The van der Waals surface area contributed by atoms with Crippen LogP contribution in [-0.4, -0.2) is 59.3 Å². The van der Waals surface area contributed by atoms with Crippen LogP contribution >= 0.6 is 0 Å². The van der Waals surface area contributed by atoms with Crippen molar-refractivity contribution in [2.45, 2.75) is 19.8 Å². The van der Waals surface area contributed by atoms with Crippen LogP contribution in [-0.2, 0) is 0 Å². The molecule has 0 atom stereocenters. The van der Waals surface area contributed by atoms with Gasteiger partial charge in [0.25, 0.3) is 11.8 Å². The van der Waals surface area contributed by atoms with Crippen molar-refractivity contribution >= 4 is 17.6 Å². The Hall–Kier alpha value is -2.83. The Kier molecular flexibility index (Phi) is 5.88. The number of pyridine rings is 1. The van der Waals surface area contributed by atoms with Gasteiger partial charge in [-0.1, -0.05) is 13.3 Å². The van der Waals surface area contributed by atoms with E-state index >= 15 is 0 Å². The second-order valence-electron chi connectivity index (χ2n) is 6.27. The molecule has 0 bridgehead atoms. The van der Waals surface area contributed by atoms with Gasteiger partial charge in [0.1, 0.15) is 5.82 Å². The molecule has 2 aromatic rings. The molecule has 1 aliphatic heterocycles. The Balaban J connectivity index is 1.52. The van der Waals surface area contributed by atoms with E-state index in [-0.39, 0.29) is 11.8 Å². The molecule has 0 unspecified atom stereocenters. The first-order valence-corrected chi connectivity index (χ1v) is 9.01. The Labute approximate surface area is 153 Å². The first kappa shape index (κ1) is 18.0. The predicted molar refractivity (Wildman–Crippen MR) is 98.1 cm³/mol. The standard InChI is InChI=1S/C19H24N4O3/c1-2-3-8-20-17-7-6-15(14-21-17)18(24)22-9-11-23(12-10-22)19(25)16-5-4-13-26-16/h4-7,13-14H,2-3,8-12H2,1H3,(H,20,21). The lowest BCUT2D eigenvalue weighted by Crippen LogP contribution is -2.50. The number of anilines is 1. The average molecular weight is 356 g/mol. The van der Waals surface area contributed by atoms with E-state index in [4.69, 9.17) is 4.42 Å². The molecular formula is C19H24N4O3. The predicted octanol–water partition coefficient (Wildman–Crippen LogP) is 2.48. The largest absolute Gasteiger partial charge is 0.459 e. The summed E-state index contributed by atoms with van der Waals surface area (Å²) in [5, 5.41) is 3.23. The molecule has 3 heterocycles. The smallest absolute Gasteiger partial charge is 0.289 e. The van der Waals surface area contributed by atoms with Gasteiger partial charge < -0.3 is 19.5 Å². The Morgan fingerprint density at radius 3 is 2.42 bits per heavy atom. The number of hydrogen-bond acceptors (Lipinski definition) is 5. The van der Waals surface area contributed by atoms with Gasteiger partial charge in [-0.2, -0.15) is 0 Å². The number of piperazine rings is 1. The lowest BCUT2D eigenvalue weighted by molar-refractivity contribution is 0.0518. The molecule has 7 heteroatoms. The highest BCUT2D eigenvalue weighted by Gasteiger charge is 2.26. The molecule has 0 radical (unpaired) electrons. The Morgan fingerprint density at radius 2 is 1.85 bits per heavy atom. The van der Waals surface area contributed by atoms with Crippen molar-refractivity contribution in [3.8, 4) is 0 Å². The molecule has 1 fully saturated rings. The molecule has 0 aliphatic carbocycles. The lowest BCUT2D eigenvalue weighted by Gasteiger charge is -2.34. The highest BCUT2D eigenvalue weighted by atomic mass is 16.3. The summed E-state index contributed by atoms with van der Waals surface area (Å²) in [6.07, 6.45) is 5.30. The van der Waals surface area contributed by atoms with E-state index in [0.29, 0.717) is 37.5 Å². The van der Waals surface area contributed by atoms with Gasteiger partial charge in [0.2, 0.25) is 0 Å². The van der Waals surface area contributed by atoms with Crippen LogP contribution in [0.5, 0.6) is 0 Å². The second-order valence-corrected chi connectivity index (χ2v) is 6.27. The van der Waals surface area contributed by atoms with E-state index in [2.05, 4.69) is 17.2 Å². The van der Waals surface area contributed by atoms with E-state index < -0.39 is 0 Å². The third-order valence-corrected chi connectivity index (χ3v) is 4.43. The minimum atomic E-state index is -0.133. The van der Waals surface area contributed by atoms with Gasteiger partial charge in [-0.25, -0.2) is 4.98 Å². The fourth-order valence-electron chi connectivity index (χ4n) is 2.87. The number of nitrogens with zero attached hydrogens (tertiary/aromatic N) is 3. The fraction of sp³-hybridized carbons (Fsp3) is 0.421. The van der Waals surface area contributed by atoms with Crippen molar-refractivity contribution in [3.63, 3.8) is 0 Å². The number of carbonyl (C=O) groups excluding carboxylic acids is 2. The van der Waals surface area contributed by atoms with Gasteiger partial charge in [0.15, 0.2) is 5.76 Å². The zero-order chi connectivity index (χ0) is 18.4. The topological polar surface area (TPSA) is 78.7 Å². The molecule has 3 rings (SSSR count). The Bertz CT molecular complexity index is 720. The normalized spacial score (nSPS) is 14.3. The van der Waals surface area contributed by atoms with Crippen LogP contribution in [0.3, 0.4) is 0 Å².